The van der Waals surface area contributed by atoms with Gasteiger partial charge in [0.15, 0.2) is 5.79 Å². The maximum absolute atomic E-state index is 10.8. The van der Waals surface area contributed by atoms with Crippen molar-refractivity contribution in [2.24, 2.45) is 5.14 Å². The third-order valence-electron chi connectivity index (χ3n) is 2.39. The number of hydrogen-bond acceptors (Lipinski definition) is 7. The van der Waals surface area contributed by atoms with Crippen LogP contribution in [-0.4, -0.2) is 31.9 Å². The Balaban J connectivity index is 2.18. The van der Waals surface area contributed by atoms with Crippen molar-refractivity contribution in [3.63, 3.8) is 0 Å². The molecular weight excluding hydrogens is 316 g/mol. The number of halogens is 1. The Hall–Kier alpha value is -0.290. The molecule has 19 heavy (non-hydrogen) atoms. The van der Waals surface area contributed by atoms with Crippen LogP contribution in [0.5, 0.6) is 0 Å². The van der Waals surface area contributed by atoms with Crippen molar-refractivity contribution < 1.29 is 22.1 Å². The van der Waals surface area contributed by atoms with E-state index in [0.29, 0.717) is 10.0 Å². The molecule has 1 aromatic rings. The van der Waals surface area contributed by atoms with Gasteiger partial charge in [0.1, 0.15) is 17.4 Å². The van der Waals surface area contributed by atoms with E-state index in [2.05, 4.69) is 9.17 Å². The molecule has 0 aliphatic carbocycles. The van der Waals surface area contributed by atoms with Gasteiger partial charge in [-0.3, -0.25) is 4.18 Å². The third kappa shape index (κ3) is 3.85. The molecule has 0 bridgehead atoms. The highest BCUT2D eigenvalue weighted by Crippen LogP contribution is 2.42. The van der Waals surface area contributed by atoms with E-state index in [9.17, 15) is 8.42 Å². The maximum Gasteiger partial charge on any atom is 0.333 e. The zero-order valence-electron chi connectivity index (χ0n) is 10.2. The molecule has 0 amide bonds. The van der Waals surface area contributed by atoms with Crippen LogP contribution in [0.3, 0.4) is 0 Å². The predicted octanol–water partition coefficient (Wildman–Crippen LogP) is 1.21. The lowest BCUT2D eigenvalue weighted by atomic mass is 10.2. The molecule has 1 saturated heterocycles. The number of rotatable bonds is 4. The first-order chi connectivity index (χ1) is 8.68. The summed E-state index contributed by atoms with van der Waals surface area (Å²) in [6.45, 7) is 3.18. The molecule has 0 unspecified atom stereocenters. The first-order valence-electron chi connectivity index (χ1n) is 5.29. The first kappa shape index (κ1) is 15.1. The molecule has 0 radical (unpaired) electrons. The van der Waals surface area contributed by atoms with E-state index in [0.717, 1.165) is 0 Å². The van der Waals surface area contributed by atoms with E-state index >= 15 is 0 Å². The minimum Gasteiger partial charge on any atom is -0.342 e. The number of nitrogens with zero attached hydrogens (tertiary/aromatic N) is 1. The Labute approximate surface area is 119 Å². The summed E-state index contributed by atoms with van der Waals surface area (Å²) in [7, 11) is -4.03. The van der Waals surface area contributed by atoms with Crippen molar-refractivity contribution in [3.05, 3.63) is 15.5 Å². The molecule has 1 fully saturated rings. The Morgan fingerprint density at radius 3 is 2.79 bits per heavy atom. The topological polar surface area (TPSA) is 101 Å². The third-order valence-corrected chi connectivity index (χ3v) is 4.16. The lowest BCUT2D eigenvalue weighted by molar-refractivity contribution is -0.148. The molecule has 2 heterocycles. The summed E-state index contributed by atoms with van der Waals surface area (Å²) in [5.74, 6) is -0.871. The highest BCUT2D eigenvalue weighted by Gasteiger charge is 2.44. The van der Waals surface area contributed by atoms with Crippen LogP contribution in [0.15, 0.2) is 5.51 Å². The van der Waals surface area contributed by atoms with Gasteiger partial charge in [-0.15, -0.1) is 11.3 Å². The normalized spacial score (nSPS) is 26.7. The van der Waals surface area contributed by atoms with Gasteiger partial charge in [-0.1, -0.05) is 11.6 Å². The van der Waals surface area contributed by atoms with E-state index in [-0.39, 0.29) is 6.61 Å². The van der Waals surface area contributed by atoms with Crippen LogP contribution in [0, 0.1) is 0 Å². The van der Waals surface area contributed by atoms with E-state index in [4.69, 9.17) is 26.2 Å². The van der Waals surface area contributed by atoms with Crippen LogP contribution in [0.25, 0.3) is 0 Å². The van der Waals surface area contributed by atoms with Crippen LogP contribution >= 0.6 is 22.9 Å². The van der Waals surface area contributed by atoms with Crippen molar-refractivity contribution in [1.82, 2.24) is 4.98 Å². The fourth-order valence-electron chi connectivity index (χ4n) is 1.77. The fourth-order valence-corrected chi connectivity index (χ4v) is 3.19. The van der Waals surface area contributed by atoms with Crippen LogP contribution < -0.4 is 5.14 Å². The summed E-state index contributed by atoms with van der Waals surface area (Å²) >= 11 is 7.25. The molecular formula is C9H13ClN2O5S2. The van der Waals surface area contributed by atoms with E-state index < -0.39 is 28.3 Å². The highest BCUT2D eigenvalue weighted by atomic mass is 35.5. The Morgan fingerprint density at radius 1 is 1.58 bits per heavy atom. The second-order valence-corrected chi connectivity index (χ2v) is 6.84. The molecule has 10 heteroatoms. The molecule has 1 aliphatic rings. The Morgan fingerprint density at radius 2 is 2.26 bits per heavy atom. The van der Waals surface area contributed by atoms with Gasteiger partial charge in [0.05, 0.1) is 17.0 Å². The van der Waals surface area contributed by atoms with Crippen molar-refractivity contribution in [2.75, 3.05) is 6.61 Å². The monoisotopic (exact) mass is 328 g/mol. The average Bonchev–Trinajstić information content (AvgIpc) is 2.77. The largest absolute Gasteiger partial charge is 0.342 e. The van der Waals surface area contributed by atoms with Gasteiger partial charge in [0, 0.05) is 0 Å². The summed E-state index contributed by atoms with van der Waals surface area (Å²) in [6.07, 6.45) is -1.18. The predicted molar refractivity (Wildman–Crippen MR) is 69.0 cm³/mol. The van der Waals surface area contributed by atoms with Gasteiger partial charge in [-0.2, -0.15) is 8.42 Å². The smallest absolute Gasteiger partial charge is 0.333 e. The van der Waals surface area contributed by atoms with Gasteiger partial charge in [0.2, 0.25) is 0 Å². The highest BCUT2D eigenvalue weighted by molar-refractivity contribution is 7.84. The zero-order chi connectivity index (χ0) is 14.3. The van der Waals surface area contributed by atoms with E-state index in [1.807, 2.05) is 0 Å². The average molecular weight is 329 g/mol. The SMILES string of the molecule is CC1(C)O[C@H](c2scnc2Cl)[C@@H](COS(N)(=O)=O)O1. The molecule has 7 nitrogen and oxygen atoms in total. The van der Waals surface area contributed by atoms with Crippen molar-refractivity contribution in [3.8, 4) is 0 Å². The van der Waals surface area contributed by atoms with Crippen LogP contribution in [0.1, 0.15) is 24.8 Å². The Bertz CT molecular complexity index is 559. The summed E-state index contributed by atoms with van der Waals surface area (Å²) in [4.78, 5) is 4.58. The molecule has 108 valence electrons. The minimum atomic E-state index is -4.03. The van der Waals surface area contributed by atoms with Crippen molar-refractivity contribution in [2.45, 2.75) is 31.8 Å². The molecule has 1 aliphatic heterocycles. The summed E-state index contributed by atoms with van der Waals surface area (Å²) in [6, 6.07) is 0. The van der Waals surface area contributed by atoms with Gasteiger partial charge >= 0.3 is 10.3 Å². The second kappa shape index (κ2) is 5.24. The van der Waals surface area contributed by atoms with E-state index in [1.165, 1.54) is 11.3 Å². The quantitative estimate of drug-likeness (QED) is 0.891. The fraction of sp³-hybridized carbons (Fsp3) is 0.667. The molecule has 2 rings (SSSR count). The van der Waals surface area contributed by atoms with Gasteiger partial charge in [-0.05, 0) is 13.8 Å². The van der Waals surface area contributed by atoms with Gasteiger partial charge < -0.3 is 9.47 Å². The molecule has 2 N–H and O–H groups in total. The van der Waals surface area contributed by atoms with Crippen LogP contribution in [-0.2, 0) is 24.0 Å². The second-order valence-electron chi connectivity index (χ2n) is 4.38. The summed E-state index contributed by atoms with van der Waals surface area (Å²) in [5.41, 5.74) is 1.57. The van der Waals surface area contributed by atoms with Crippen LogP contribution in [0.4, 0.5) is 0 Å². The number of ether oxygens (including phenoxy) is 2. The zero-order valence-corrected chi connectivity index (χ0v) is 12.6. The lowest BCUT2D eigenvalue weighted by Gasteiger charge is -2.16. The van der Waals surface area contributed by atoms with E-state index in [1.54, 1.807) is 19.4 Å². The molecule has 0 aromatic carbocycles. The Kier molecular flexibility index (Phi) is 4.17. The molecule has 2 atom stereocenters. The number of thiazole rings is 1. The van der Waals surface area contributed by atoms with Crippen LogP contribution in [0.2, 0.25) is 5.15 Å². The number of nitrogens with two attached hydrogens (primary N) is 1. The molecule has 0 saturated carbocycles. The maximum atomic E-state index is 10.8. The summed E-state index contributed by atoms with van der Waals surface area (Å²) < 4.78 is 37.5. The standard InChI is InChI=1S/C9H13ClN2O5S2/c1-9(2)16-5(3-15-19(11,13)14)6(17-9)7-8(10)12-4-18-7/h4-6H,3H2,1-2H3,(H2,11,13,14)/t5-,6+/m1/s1. The van der Waals surface area contributed by atoms with Crippen molar-refractivity contribution in [1.29, 1.82) is 0 Å². The number of aromatic nitrogens is 1. The van der Waals surface area contributed by atoms with Gasteiger partial charge in [-0.25, -0.2) is 10.1 Å². The molecule has 1 aromatic heterocycles. The minimum absolute atomic E-state index is 0.249. The lowest BCUT2D eigenvalue weighted by Crippen LogP contribution is -2.28. The first-order valence-corrected chi connectivity index (χ1v) is 8.02. The van der Waals surface area contributed by atoms with Crippen molar-refractivity contribution >= 4 is 33.2 Å². The van der Waals surface area contributed by atoms with Gasteiger partial charge in [0.25, 0.3) is 0 Å². The summed E-state index contributed by atoms with van der Waals surface area (Å²) in [5, 5.41) is 5.10. The molecule has 0 spiro atoms. The number of hydrogen-bond donors (Lipinski definition) is 1.